The van der Waals surface area contributed by atoms with Gasteiger partial charge in [0.2, 0.25) is 5.91 Å². The Morgan fingerprint density at radius 3 is 2.68 bits per heavy atom. The van der Waals surface area contributed by atoms with E-state index >= 15 is 0 Å². The normalized spacial score (nSPS) is 16.7. The van der Waals surface area contributed by atoms with Crippen LogP contribution in [0.1, 0.15) is 18.4 Å². The maximum Gasteiger partial charge on any atom is 0.264 e. The Bertz CT molecular complexity index is 928. The second-order valence-corrected chi connectivity index (χ2v) is 8.99. The SMILES string of the molecule is Cc1ccc(Cl)cc1N(CC(=O)NC[C@H]1CCCO1)S(=O)(=O)c1ccccc1. The first-order valence-corrected chi connectivity index (χ1v) is 10.9. The molecule has 1 aliphatic heterocycles. The Hall–Kier alpha value is -2.09. The predicted molar refractivity (Wildman–Crippen MR) is 109 cm³/mol. The third kappa shape index (κ3) is 4.84. The summed E-state index contributed by atoms with van der Waals surface area (Å²) in [5, 5.41) is 3.18. The van der Waals surface area contributed by atoms with Crippen molar-refractivity contribution < 1.29 is 17.9 Å². The molecule has 0 aliphatic carbocycles. The summed E-state index contributed by atoms with van der Waals surface area (Å²) in [5.41, 5.74) is 1.08. The molecule has 0 radical (unpaired) electrons. The number of hydrogen-bond donors (Lipinski definition) is 1. The molecule has 1 atom stereocenters. The Balaban J connectivity index is 1.88. The third-order valence-corrected chi connectivity index (χ3v) is 6.62. The number of nitrogens with one attached hydrogen (secondary N) is 1. The van der Waals surface area contributed by atoms with Gasteiger partial charge in [0, 0.05) is 18.2 Å². The van der Waals surface area contributed by atoms with Crippen LogP contribution < -0.4 is 9.62 Å². The molecular weight excluding hydrogens is 400 g/mol. The minimum absolute atomic E-state index is 0.0176. The number of anilines is 1. The van der Waals surface area contributed by atoms with Crippen molar-refractivity contribution in [3.05, 3.63) is 59.1 Å². The van der Waals surface area contributed by atoms with Crippen LogP contribution in [0.5, 0.6) is 0 Å². The van der Waals surface area contributed by atoms with Gasteiger partial charge in [0.15, 0.2) is 0 Å². The van der Waals surface area contributed by atoms with E-state index in [-0.39, 0.29) is 17.5 Å². The third-order valence-electron chi connectivity index (χ3n) is 4.61. The Morgan fingerprint density at radius 1 is 1.25 bits per heavy atom. The first-order chi connectivity index (χ1) is 13.4. The molecule has 150 valence electrons. The van der Waals surface area contributed by atoms with Crippen LogP contribution in [0, 0.1) is 6.92 Å². The molecule has 1 aliphatic rings. The first-order valence-electron chi connectivity index (χ1n) is 9.10. The summed E-state index contributed by atoms with van der Waals surface area (Å²) < 4.78 is 33.1. The first kappa shape index (κ1) is 20.6. The van der Waals surface area contributed by atoms with Gasteiger partial charge in [-0.3, -0.25) is 9.10 Å². The van der Waals surface area contributed by atoms with Crippen LogP contribution in [-0.4, -0.2) is 40.1 Å². The van der Waals surface area contributed by atoms with Crippen molar-refractivity contribution in [1.82, 2.24) is 5.32 Å². The van der Waals surface area contributed by atoms with Crippen LogP contribution in [0.2, 0.25) is 5.02 Å². The van der Waals surface area contributed by atoms with Gasteiger partial charge in [-0.05, 0) is 49.6 Å². The van der Waals surface area contributed by atoms with Gasteiger partial charge in [-0.2, -0.15) is 0 Å². The van der Waals surface area contributed by atoms with E-state index in [9.17, 15) is 13.2 Å². The highest BCUT2D eigenvalue weighted by Crippen LogP contribution is 2.29. The van der Waals surface area contributed by atoms with E-state index in [0.29, 0.717) is 29.4 Å². The van der Waals surface area contributed by atoms with E-state index in [4.69, 9.17) is 16.3 Å². The lowest BCUT2D eigenvalue weighted by Gasteiger charge is -2.26. The van der Waals surface area contributed by atoms with Crippen molar-refractivity contribution in [2.24, 2.45) is 0 Å². The zero-order chi connectivity index (χ0) is 20.1. The summed E-state index contributed by atoms with van der Waals surface area (Å²) in [6, 6.07) is 13.0. The summed E-state index contributed by atoms with van der Waals surface area (Å²) >= 11 is 6.10. The Morgan fingerprint density at radius 2 is 2.00 bits per heavy atom. The largest absolute Gasteiger partial charge is 0.376 e. The van der Waals surface area contributed by atoms with Crippen molar-refractivity contribution >= 4 is 33.2 Å². The van der Waals surface area contributed by atoms with E-state index < -0.39 is 15.9 Å². The van der Waals surface area contributed by atoms with Crippen molar-refractivity contribution in [3.8, 4) is 0 Å². The maximum absolute atomic E-state index is 13.3. The summed E-state index contributed by atoms with van der Waals surface area (Å²) in [6.07, 6.45) is 1.84. The van der Waals surface area contributed by atoms with Crippen molar-refractivity contribution in [1.29, 1.82) is 0 Å². The predicted octanol–water partition coefficient (Wildman–Crippen LogP) is 3.14. The van der Waals surface area contributed by atoms with Gasteiger partial charge < -0.3 is 10.1 Å². The number of benzene rings is 2. The maximum atomic E-state index is 13.3. The van der Waals surface area contributed by atoms with Crippen molar-refractivity contribution in [2.75, 3.05) is 24.0 Å². The fourth-order valence-corrected chi connectivity index (χ4v) is 4.75. The number of rotatable bonds is 7. The Kier molecular flexibility index (Phi) is 6.59. The molecule has 1 heterocycles. The van der Waals surface area contributed by atoms with Gasteiger partial charge in [-0.1, -0.05) is 35.9 Å². The molecule has 2 aromatic rings. The van der Waals surface area contributed by atoms with Crippen LogP contribution in [-0.2, 0) is 19.6 Å². The number of nitrogens with zero attached hydrogens (tertiary/aromatic N) is 1. The molecule has 0 spiro atoms. The molecular formula is C20H23ClN2O4S. The number of aryl methyl sites for hydroxylation is 1. The number of carbonyl (C=O) groups is 1. The second-order valence-electron chi connectivity index (χ2n) is 6.69. The number of hydrogen-bond acceptors (Lipinski definition) is 4. The molecule has 28 heavy (non-hydrogen) atoms. The highest BCUT2D eigenvalue weighted by atomic mass is 35.5. The molecule has 1 saturated heterocycles. The molecule has 1 N–H and O–H groups in total. The second kappa shape index (κ2) is 8.94. The molecule has 1 fully saturated rings. The summed E-state index contributed by atoms with van der Waals surface area (Å²) in [4.78, 5) is 12.7. The molecule has 3 rings (SSSR count). The lowest BCUT2D eigenvalue weighted by atomic mass is 10.2. The van der Waals surface area contributed by atoms with Crippen LogP contribution >= 0.6 is 11.6 Å². The van der Waals surface area contributed by atoms with Gasteiger partial charge in [-0.25, -0.2) is 8.42 Å². The molecule has 0 bridgehead atoms. The monoisotopic (exact) mass is 422 g/mol. The van der Waals surface area contributed by atoms with Crippen LogP contribution in [0.4, 0.5) is 5.69 Å². The molecule has 0 saturated carbocycles. The highest BCUT2D eigenvalue weighted by Gasteiger charge is 2.28. The fraction of sp³-hybridized carbons (Fsp3) is 0.350. The number of halogens is 1. The van der Waals surface area contributed by atoms with Crippen LogP contribution in [0.3, 0.4) is 0 Å². The molecule has 2 aromatic carbocycles. The summed E-state index contributed by atoms with van der Waals surface area (Å²) in [7, 11) is -3.94. The highest BCUT2D eigenvalue weighted by molar-refractivity contribution is 7.92. The number of sulfonamides is 1. The van der Waals surface area contributed by atoms with E-state index in [1.165, 1.54) is 12.1 Å². The molecule has 1 amide bonds. The van der Waals surface area contributed by atoms with Crippen LogP contribution in [0.15, 0.2) is 53.4 Å². The van der Waals surface area contributed by atoms with E-state index in [1.807, 2.05) is 0 Å². The van der Waals surface area contributed by atoms with Gasteiger partial charge in [-0.15, -0.1) is 0 Å². The quantitative estimate of drug-likeness (QED) is 0.743. The molecule has 0 aromatic heterocycles. The Labute approximate surface area is 170 Å². The lowest BCUT2D eigenvalue weighted by molar-refractivity contribution is -0.120. The standard InChI is InChI=1S/C20H23ClN2O4S/c1-15-9-10-16(21)12-19(15)23(28(25,26)18-7-3-2-4-8-18)14-20(24)22-13-17-6-5-11-27-17/h2-4,7-10,12,17H,5-6,11,13-14H2,1H3,(H,22,24)/t17-/m1/s1. The van der Waals surface area contributed by atoms with E-state index in [1.54, 1.807) is 43.3 Å². The van der Waals surface area contributed by atoms with Gasteiger partial charge in [0.25, 0.3) is 10.0 Å². The lowest BCUT2D eigenvalue weighted by Crippen LogP contribution is -2.43. The fourth-order valence-electron chi connectivity index (χ4n) is 3.09. The molecule has 0 unspecified atom stereocenters. The average molecular weight is 423 g/mol. The number of amides is 1. The van der Waals surface area contributed by atoms with Gasteiger partial charge in [0.05, 0.1) is 16.7 Å². The molecule has 8 heteroatoms. The van der Waals surface area contributed by atoms with E-state index in [2.05, 4.69) is 5.32 Å². The zero-order valence-electron chi connectivity index (χ0n) is 15.6. The minimum Gasteiger partial charge on any atom is -0.376 e. The zero-order valence-corrected chi connectivity index (χ0v) is 17.2. The topological polar surface area (TPSA) is 75.7 Å². The summed E-state index contributed by atoms with van der Waals surface area (Å²) in [5.74, 6) is -0.394. The number of carbonyl (C=O) groups excluding carboxylic acids is 1. The van der Waals surface area contributed by atoms with Crippen molar-refractivity contribution in [3.63, 3.8) is 0 Å². The van der Waals surface area contributed by atoms with Gasteiger partial charge >= 0.3 is 0 Å². The summed E-state index contributed by atoms with van der Waals surface area (Å²) in [6.45, 7) is 2.50. The van der Waals surface area contributed by atoms with E-state index in [0.717, 1.165) is 17.1 Å². The van der Waals surface area contributed by atoms with Crippen molar-refractivity contribution in [2.45, 2.75) is 30.8 Å². The number of ether oxygens (including phenoxy) is 1. The average Bonchev–Trinajstić information content (AvgIpc) is 3.21. The molecule has 6 nitrogen and oxygen atoms in total. The van der Waals surface area contributed by atoms with Crippen LogP contribution in [0.25, 0.3) is 0 Å². The minimum atomic E-state index is -3.94. The smallest absolute Gasteiger partial charge is 0.264 e. The van der Waals surface area contributed by atoms with Gasteiger partial charge in [0.1, 0.15) is 6.54 Å².